The van der Waals surface area contributed by atoms with E-state index in [9.17, 15) is 0 Å². The molecule has 0 saturated heterocycles. The van der Waals surface area contributed by atoms with Crippen molar-refractivity contribution in [2.45, 2.75) is 6.10 Å². The summed E-state index contributed by atoms with van der Waals surface area (Å²) in [4.78, 5) is 0. The van der Waals surface area contributed by atoms with Crippen molar-refractivity contribution in [1.29, 1.82) is 0 Å². The van der Waals surface area contributed by atoms with Crippen molar-refractivity contribution in [3.8, 4) is 11.5 Å². The van der Waals surface area contributed by atoms with Crippen LogP contribution in [0.1, 0.15) is 11.1 Å². The number of aromatic amines is 1. The topological polar surface area (TPSA) is 47.1 Å². The highest BCUT2D eigenvalue weighted by molar-refractivity contribution is 7.73. The third kappa shape index (κ3) is 1.70. The standard InChI is InChI=1S/C10H8N2O2S2/c15-10-12-11-9(16-10)8-5-13-6-3-1-2-4-7(6)14-8/h1-4,8H,5H2,(H,12,15)/t8-/m0/s1. The molecule has 1 aliphatic rings. The highest BCUT2D eigenvalue weighted by atomic mass is 32.1. The van der Waals surface area contributed by atoms with Gasteiger partial charge in [0, 0.05) is 0 Å². The Morgan fingerprint density at radius 3 is 2.94 bits per heavy atom. The fourth-order valence-corrected chi connectivity index (χ4v) is 2.44. The van der Waals surface area contributed by atoms with Gasteiger partial charge in [0.15, 0.2) is 26.6 Å². The van der Waals surface area contributed by atoms with Crippen LogP contribution in [-0.4, -0.2) is 16.8 Å². The van der Waals surface area contributed by atoms with Gasteiger partial charge in [-0.1, -0.05) is 23.5 Å². The molecular weight excluding hydrogens is 244 g/mol. The van der Waals surface area contributed by atoms with Gasteiger partial charge in [-0.2, -0.15) is 5.10 Å². The second kappa shape index (κ2) is 3.88. The normalized spacial score (nSPS) is 18.4. The first kappa shape index (κ1) is 9.80. The van der Waals surface area contributed by atoms with Crippen molar-refractivity contribution in [3.63, 3.8) is 0 Å². The first-order chi connectivity index (χ1) is 7.83. The summed E-state index contributed by atoms with van der Waals surface area (Å²) in [6, 6.07) is 7.60. The van der Waals surface area contributed by atoms with Gasteiger partial charge >= 0.3 is 0 Å². The molecule has 1 aromatic carbocycles. The molecule has 1 aliphatic heterocycles. The summed E-state index contributed by atoms with van der Waals surface area (Å²) >= 11 is 6.40. The first-order valence-electron chi connectivity index (χ1n) is 4.77. The minimum Gasteiger partial charge on any atom is -0.485 e. The molecule has 0 bridgehead atoms. The third-order valence-electron chi connectivity index (χ3n) is 2.24. The number of para-hydroxylation sites is 2. The fraction of sp³-hybridized carbons (Fsp3) is 0.200. The van der Waals surface area contributed by atoms with Crippen molar-refractivity contribution < 1.29 is 9.47 Å². The van der Waals surface area contributed by atoms with Crippen LogP contribution in [-0.2, 0) is 0 Å². The van der Waals surface area contributed by atoms with Crippen LogP contribution >= 0.6 is 23.6 Å². The summed E-state index contributed by atoms with van der Waals surface area (Å²) in [6.45, 7) is 0.465. The Kier molecular flexibility index (Phi) is 2.37. The van der Waals surface area contributed by atoms with E-state index in [1.807, 2.05) is 24.3 Å². The second-order valence-corrected chi connectivity index (χ2v) is 5.01. The Balaban J connectivity index is 1.90. The zero-order chi connectivity index (χ0) is 11.0. The van der Waals surface area contributed by atoms with Crippen LogP contribution in [0, 0.1) is 3.95 Å². The molecule has 6 heteroatoms. The summed E-state index contributed by atoms with van der Waals surface area (Å²) in [5.74, 6) is 1.53. The van der Waals surface area contributed by atoms with Crippen molar-refractivity contribution in [3.05, 3.63) is 33.2 Å². The highest BCUT2D eigenvalue weighted by Gasteiger charge is 2.24. The van der Waals surface area contributed by atoms with E-state index in [1.165, 1.54) is 11.3 Å². The Bertz CT molecular complexity index is 564. The van der Waals surface area contributed by atoms with Crippen LogP contribution in [0.4, 0.5) is 0 Å². The summed E-state index contributed by atoms with van der Waals surface area (Å²) in [5, 5.41) is 7.65. The average molecular weight is 252 g/mol. The summed E-state index contributed by atoms with van der Waals surface area (Å²) in [6.07, 6.45) is -0.173. The van der Waals surface area contributed by atoms with E-state index < -0.39 is 0 Å². The lowest BCUT2D eigenvalue weighted by atomic mass is 10.3. The average Bonchev–Trinajstić information content (AvgIpc) is 2.75. The van der Waals surface area contributed by atoms with E-state index in [0.29, 0.717) is 10.6 Å². The number of benzene rings is 1. The largest absolute Gasteiger partial charge is 0.485 e. The Morgan fingerprint density at radius 2 is 2.19 bits per heavy atom. The van der Waals surface area contributed by atoms with Crippen LogP contribution in [0.2, 0.25) is 0 Å². The smallest absolute Gasteiger partial charge is 0.186 e. The fourth-order valence-electron chi connectivity index (χ4n) is 1.52. The van der Waals surface area contributed by atoms with E-state index in [0.717, 1.165) is 16.5 Å². The third-order valence-corrected chi connectivity index (χ3v) is 3.42. The van der Waals surface area contributed by atoms with Gasteiger partial charge in [-0.05, 0) is 24.4 Å². The van der Waals surface area contributed by atoms with Gasteiger partial charge in [0.2, 0.25) is 0 Å². The molecule has 3 rings (SSSR count). The number of hydrogen-bond acceptors (Lipinski definition) is 5. The zero-order valence-corrected chi connectivity index (χ0v) is 9.81. The number of aromatic nitrogens is 2. The molecular formula is C10H8N2O2S2. The first-order valence-corrected chi connectivity index (χ1v) is 5.99. The molecule has 0 amide bonds. The van der Waals surface area contributed by atoms with E-state index in [2.05, 4.69) is 10.2 Å². The Morgan fingerprint density at radius 1 is 1.38 bits per heavy atom. The van der Waals surface area contributed by atoms with Gasteiger partial charge in [-0.15, -0.1) is 0 Å². The van der Waals surface area contributed by atoms with Crippen LogP contribution in [0.3, 0.4) is 0 Å². The molecule has 0 unspecified atom stereocenters. The van der Waals surface area contributed by atoms with Gasteiger partial charge in [0.1, 0.15) is 6.61 Å². The number of ether oxygens (including phenoxy) is 2. The van der Waals surface area contributed by atoms with Crippen LogP contribution in [0.5, 0.6) is 11.5 Å². The minimum absolute atomic E-state index is 0.173. The van der Waals surface area contributed by atoms with Gasteiger partial charge in [-0.3, -0.25) is 5.10 Å². The minimum atomic E-state index is -0.173. The number of nitrogens with one attached hydrogen (secondary N) is 1. The number of nitrogens with zero attached hydrogens (tertiary/aromatic N) is 1. The van der Waals surface area contributed by atoms with Crippen LogP contribution < -0.4 is 9.47 Å². The van der Waals surface area contributed by atoms with Gasteiger partial charge in [-0.25, -0.2) is 0 Å². The Hall–Kier alpha value is -1.40. The molecule has 1 N–H and O–H groups in total. The van der Waals surface area contributed by atoms with Crippen LogP contribution in [0.15, 0.2) is 24.3 Å². The summed E-state index contributed by atoms with van der Waals surface area (Å²) in [5.41, 5.74) is 0. The molecule has 0 spiro atoms. The molecule has 2 aromatic rings. The maximum absolute atomic E-state index is 5.79. The lowest BCUT2D eigenvalue weighted by molar-refractivity contribution is 0.0906. The molecule has 16 heavy (non-hydrogen) atoms. The van der Waals surface area contributed by atoms with Crippen LogP contribution in [0.25, 0.3) is 0 Å². The van der Waals surface area contributed by atoms with E-state index >= 15 is 0 Å². The molecule has 1 aromatic heterocycles. The van der Waals surface area contributed by atoms with Crippen molar-refractivity contribution in [2.75, 3.05) is 6.61 Å². The van der Waals surface area contributed by atoms with E-state index in [-0.39, 0.29) is 6.10 Å². The van der Waals surface area contributed by atoms with E-state index in [1.54, 1.807) is 0 Å². The summed E-state index contributed by atoms with van der Waals surface area (Å²) < 4.78 is 12.0. The molecule has 2 heterocycles. The highest BCUT2D eigenvalue weighted by Crippen LogP contribution is 2.36. The molecule has 0 radical (unpaired) electrons. The molecule has 0 fully saturated rings. The van der Waals surface area contributed by atoms with E-state index in [4.69, 9.17) is 21.7 Å². The Labute approximate surface area is 101 Å². The number of rotatable bonds is 1. The van der Waals surface area contributed by atoms with Crippen molar-refractivity contribution in [2.24, 2.45) is 0 Å². The predicted molar refractivity (Wildman–Crippen MR) is 62.6 cm³/mol. The number of fused-ring (bicyclic) bond motifs is 1. The van der Waals surface area contributed by atoms with Gasteiger partial charge < -0.3 is 9.47 Å². The number of H-pyrrole nitrogens is 1. The maximum atomic E-state index is 5.79. The number of hydrogen-bond donors (Lipinski definition) is 1. The maximum Gasteiger partial charge on any atom is 0.186 e. The van der Waals surface area contributed by atoms with Crippen molar-refractivity contribution >= 4 is 23.6 Å². The zero-order valence-electron chi connectivity index (χ0n) is 8.17. The SMILES string of the molecule is S=c1[nH]nc([C@@H]2COc3ccccc3O2)s1. The van der Waals surface area contributed by atoms with Gasteiger partial charge in [0.05, 0.1) is 0 Å². The summed E-state index contributed by atoms with van der Waals surface area (Å²) in [7, 11) is 0. The second-order valence-electron chi connectivity index (χ2n) is 3.32. The lowest BCUT2D eigenvalue weighted by Gasteiger charge is -2.24. The van der Waals surface area contributed by atoms with Gasteiger partial charge in [0.25, 0.3) is 0 Å². The molecule has 0 saturated carbocycles. The molecule has 0 aliphatic carbocycles. The lowest BCUT2D eigenvalue weighted by Crippen LogP contribution is -2.21. The predicted octanol–water partition coefficient (Wildman–Crippen LogP) is 2.71. The molecule has 4 nitrogen and oxygen atoms in total. The quantitative estimate of drug-likeness (QED) is 0.793. The molecule has 1 atom stereocenters. The monoisotopic (exact) mass is 252 g/mol. The van der Waals surface area contributed by atoms with Crippen molar-refractivity contribution in [1.82, 2.24) is 10.2 Å². The molecule has 82 valence electrons.